The number of ether oxygens (including phenoxy) is 3. The van der Waals surface area contributed by atoms with Gasteiger partial charge >= 0.3 is 0 Å². The Labute approximate surface area is 172 Å². The third-order valence-electron chi connectivity index (χ3n) is 5.31. The Morgan fingerprint density at radius 2 is 1.57 bits per heavy atom. The second-order valence-corrected chi connectivity index (χ2v) is 6.86. The topological polar surface area (TPSA) is 71.4 Å². The van der Waals surface area contributed by atoms with Crippen molar-refractivity contribution in [2.75, 3.05) is 34.9 Å². The van der Waals surface area contributed by atoms with E-state index in [1.807, 2.05) is 24.3 Å². The minimum atomic E-state index is 0. The summed E-state index contributed by atoms with van der Waals surface area (Å²) in [5.74, 6) is 1.52. The lowest BCUT2D eigenvalue weighted by molar-refractivity contribution is 0.218. The third-order valence-corrected chi connectivity index (χ3v) is 5.31. The quantitative estimate of drug-likeness (QED) is 0.757. The van der Waals surface area contributed by atoms with Crippen LogP contribution in [0.5, 0.6) is 28.7 Å². The van der Waals surface area contributed by atoms with Crippen LogP contribution >= 0.6 is 12.4 Å². The van der Waals surface area contributed by atoms with Crippen molar-refractivity contribution in [3.05, 3.63) is 41.0 Å². The molecule has 3 rings (SSSR count). The molecule has 2 N–H and O–H groups in total. The maximum atomic E-state index is 10.2. The Hall–Kier alpha value is -2.31. The highest BCUT2D eigenvalue weighted by Crippen LogP contribution is 2.40. The Balaban J connectivity index is 0.00000280. The molecule has 0 spiro atoms. The smallest absolute Gasteiger partial charge is 0.200 e. The van der Waals surface area contributed by atoms with E-state index in [9.17, 15) is 10.2 Å². The van der Waals surface area contributed by atoms with Gasteiger partial charge in [0.2, 0.25) is 5.75 Å². The van der Waals surface area contributed by atoms with Crippen molar-refractivity contribution in [2.24, 2.45) is 0 Å². The van der Waals surface area contributed by atoms with Gasteiger partial charge in [0.05, 0.1) is 21.3 Å². The molecule has 1 atom stereocenters. The standard InChI is InChI=1S/C21H27NO5.ClH/c1-22-8-7-14-11-18(25-2)17(23)12-15(14)16(22)6-5-13-9-19(26-3)21(24)20(10-13)27-4;/h9-12,16,23-24H,5-8H2,1-4H3;1H. The van der Waals surface area contributed by atoms with E-state index < -0.39 is 0 Å². The Morgan fingerprint density at radius 3 is 2.14 bits per heavy atom. The number of halogens is 1. The molecular weight excluding hydrogens is 382 g/mol. The number of aromatic hydroxyl groups is 2. The van der Waals surface area contributed by atoms with Crippen LogP contribution in [0.1, 0.15) is 29.2 Å². The fourth-order valence-electron chi connectivity index (χ4n) is 3.78. The first-order valence-corrected chi connectivity index (χ1v) is 9.02. The third kappa shape index (κ3) is 4.23. The molecule has 2 aromatic carbocycles. The van der Waals surface area contributed by atoms with E-state index in [4.69, 9.17) is 14.2 Å². The van der Waals surface area contributed by atoms with Gasteiger partial charge in [-0.3, -0.25) is 4.90 Å². The number of benzene rings is 2. The molecule has 0 bridgehead atoms. The summed E-state index contributed by atoms with van der Waals surface area (Å²) in [6, 6.07) is 7.64. The Morgan fingerprint density at radius 1 is 0.964 bits per heavy atom. The molecule has 0 radical (unpaired) electrons. The van der Waals surface area contributed by atoms with Crippen LogP contribution in [0.25, 0.3) is 0 Å². The number of hydrogen-bond donors (Lipinski definition) is 2. The Bertz CT molecular complexity index is 802. The molecule has 154 valence electrons. The number of rotatable bonds is 6. The van der Waals surface area contributed by atoms with Crippen molar-refractivity contribution < 1.29 is 24.4 Å². The van der Waals surface area contributed by atoms with E-state index in [0.717, 1.165) is 36.9 Å². The summed E-state index contributed by atoms with van der Waals surface area (Å²) >= 11 is 0. The van der Waals surface area contributed by atoms with Gasteiger partial charge < -0.3 is 24.4 Å². The van der Waals surface area contributed by atoms with Crippen molar-refractivity contribution in [1.29, 1.82) is 0 Å². The summed E-state index contributed by atoms with van der Waals surface area (Å²) in [6.07, 6.45) is 2.58. The van der Waals surface area contributed by atoms with Gasteiger partial charge in [0.25, 0.3) is 0 Å². The van der Waals surface area contributed by atoms with Gasteiger partial charge in [0.15, 0.2) is 23.0 Å². The summed E-state index contributed by atoms with van der Waals surface area (Å²) in [7, 11) is 6.73. The van der Waals surface area contributed by atoms with E-state index in [0.29, 0.717) is 17.2 Å². The number of nitrogens with zero attached hydrogens (tertiary/aromatic N) is 1. The number of phenolic OH excluding ortho intramolecular Hbond substituents is 2. The van der Waals surface area contributed by atoms with Crippen molar-refractivity contribution in [2.45, 2.75) is 25.3 Å². The highest BCUT2D eigenvalue weighted by Gasteiger charge is 2.26. The molecule has 7 heteroatoms. The number of methoxy groups -OCH3 is 3. The van der Waals surface area contributed by atoms with Gasteiger partial charge in [-0.1, -0.05) is 0 Å². The zero-order valence-electron chi connectivity index (χ0n) is 16.7. The second-order valence-electron chi connectivity index (χ2n) is 6.86. The van der Waals surface area contributed by atoms with Gasteiger partial charge in [-0.15, -0.1) is 12.4 Å². The van der Waals surface area contributed by atoms with Crippen molar-refractivity contribution in [1.82, 2.24) is 4.90 Å². The molecule has 1 heterocycles. The maximum Gasteiger partial charge on any atom is 0.200 e. The summed E-state index contributed by atoms with van der Waals surface area (Å²) in [6.45, 7) is 0.952. The van der Waals surface area contributed by atoms with Crippen LogP contribution in [-0.4, -0.2) is 50.0 Å². The predicted octanol–water partition coefficient (Wildman–Crippen LogP) is 3.71. The molecule has 0 fully saturated rings. The first-order chi connectivity index (χ1) is 13.0. The number of aryl methyl sites for hydroxylation is 1. The molecule has 28 heavy (non-hydrogen) atoms. The van der Waals surface area contributed by atoms with E-state index in [-0.39, 0.29) is 29.9 Å². The summed E-state index contributed by atoms with van der Waals surface area (Å²) in [4.78, 5) is 2.31. The van der Waals surface area contributed by atoms with Gasteiger partial charge in [-0.2, -0.15) is 0 Å². The lowest BCUT2D eigenvalue weighted by Crippen LogP contribution is -2.32. The van der Waals surface area contributed by atoms with Crippen molar-refractivity contribution in [3.8, 4) is 28.7 Å². The molecule has 1 aliphatic heterocycles. The number of hydrogen-bond acceptors (Lipinski definition) is 6. The average molecular weight is 410 g/mol. The minimum Gasteiger partial charge on any atom is -0.504 e. The summed E-state index contributed by atoms with van der Waals surface area (Å²) in [5.41, 5.74) is 3.38. The van der Waals surface area contributed by atoms with E-state index in [1.54, 1.807) is 7.11 Å². The van der Waals surface area contributed by atoms with Crippen molar-refractivity contribution in [3.63, 3.8) is 0 Å². The van der Waals surface area contributed by atoms with Crippen LogP contribution in [0.3, 0.4) is 0 Å². The van der Waals surface area contributed by atoms with Gasteiger partial charge in [-0.25, -0.2) is 0 Å². The lowest BCUT2D eigenvalue weighted by atomic mass is 9.88. The molecule has 6 nitrogen and oxygen atoms in total. The largest absolute Gasteiger partial charge is 0.504 e. The molecule has 0 aliphatic carbocycles. The van der Waals surface area contributed by atoms with E-state index in [2.05, 4.69) is 11.9 Å². The molecule has 0 aromatic heterocycles. The molecule has 1 unspecified atom stereocenters. The normalized spacial score (nSPS) is 16.1. The zero-order valence-corrected chi connectivity index (χ0v) is 17.5. The number of fused-ring (bicyclic) bond motifs is 1. The zero-order chi connectivity index (χ0) is 19.6. The molecule has 0 saturated heterocycles. The fourth-order valence-corrected chi connectivity index (χ4v) is 3.78. The fraction of sp³-hybridized carbons (Fsp3) is 0.429. The molecule has 0 amide bonds. The van der Waals surface area contributed by atoms with Crippen LogP contribution in [0.15, 0.2) is 24.3 Å². The Kier molecular flexibility index (Phi) is 7.27. The van der Waals surface area contributed by atoms with Crippen LogP contribution in [0.4, 0.5) is 0 Å². The van der Waals surface area contributed by atoms with E-state index in [1.165, 1.54) is 19.8 Å². The first kappa shape index (κ1) is 22.0. The van der Waals surface area contributed by atoms with E-state index >= 15 is 0 Å². The SMILES string of the molecule is COc1cc2c(cc1O)C(CCc1cc(OC)c(O)c(OC)c1)N(C)CC2.Cl. The summed E-state index contributed by atoms with van der Waals surface area (Å²) < 4.78 is 15.8. The van der Waals surface area contributed by atoms with Crippen LogP contribution < -0.4 is 14.2 Å². The second kappa shape index (κ2) is 9.26. The molecular formula is C21H28ClNO5. The molecule has 1 aliphatic rings. The van der Waals surface area contributed by atoms with Gasteiger partial charge in [0.1, 0.15) is 0 Å². The van der Waals surface area contributed by atoms with Gasteiger partial charge in [0, 0.05) is 12.6 Å². The highest BCUT2D eigenvalue weighted by molar-refractivity contribution is 5.85. The number of likely N-dealkylation sites (N-methyl/N-ethyl adjacent to an activating group) is 1. The highest BCUT2D eigenvalue weighted by atomic mass is 35.5. The van der Waals surface area contributed by atoms with Crippen LogP contribution in [0.2, 0.25) is 0 Å². The predicted molar refractivity (Wildman–Crippen MR) is 111 cm³/mol. The monoisotopic (exact) mass is 409 g/mol. The van der Waals surface area contributed by atoms with Gasteiger partial charge in [-0.05, 0) is 67.3 Å². The molecule has 0 saturated carbocycles. The summed E-state index contributed by atoms with van der Waals surface area (Å²) in [5, 5.41) is 20.3. The van der Waals surface area contributed by atoms with Crippen LogP contribution in [0, 0.1) is 0 Å². The maximum absolute atomic E-state index is 10.2. The molecule has 2 aromatic rings. The number of phenols is 2. The van der Waals surface area contributed by atoms with Crippen molar-refractivity contribution >= 4 is 12.4 Å². The average Bonchev–Trinajstić information content (AvgIpc) is 2.67. The minimum absolute atomic E-state index is 0. The first-order valence-electron chi connectivity index (χ1n) is 9.02. The van der Waals surface area contributed by atoms with Crippen LogP contribution in [-0.2, 0) is 12.8 Å². The lowest BCUT2D eigenvalue weighted by Gasteiger charge is -2.35.